The summed E-state index contributed by atoms with van der Waals surface area (Å²) in [5, 5.41) is 8.30. The van der Waals surface area contributed by atoms with Crippen LogP contribution in [0.15, 0.2) is 0 Å². The van der Waals surface area contributed by atoms with Crippen LogP contribution in [0, 0.1) is 0 Å². The molecule has 3 nitrogen and oxygen atoms in total. The molecule has 1 atom stereocenters. The molecule has 0 aliphatic heterocycles. The van der Waals surface area contributed by atoms with E-state index in [1.54, 1.807) is 0 Å². The van der Waals surface area contributed by atoms with E-state index in [-0.39, 0.29) is 19.3 Å². The number of carboxylic acids is 1. The number of alkyl halides is 2. The Hall–Kier alpha value is -0.710. The van der Waals surface area contributed by atoms with E-state index in [0.29, 0.717) is 0 Å². The van der Waals surface area contributed by atoms with Crippen LogP contribution in [0.3, 0.4) is 0 Å². The molecule has 0 aromatic rings. The molecule has 0 spiro atoms. The summed E-state index contributed by atoms with van der Waals surface area (Å²) in [6, 6.07) is -1.02. The number of carboxylic acid groups (broad SMARTS) is 1. The van der Waals surface area contributed by atoms with Gasteiger partial charge in [0.05, 0.1) is 0 Å². The van der Waals surface area contributed by atoms with Crippen molar-refractivity contribution >= 4 is 5.97 Å². The molecule has 5 heteroatoms. The van der Waals surface area contributed by atoms with Gasteiger partial charge in [-0.1, -0.05) is 0 Å². The Morgan fingerprint density at radius 1 is 1.67 bits per heavy atom. The number of aliphatic carboxylic acids is 1. The van der Waals surface area contributed by atoms with Crippen molar-refractivity contribution < 1.29 is 18.7 Å². The van der Waals surface area contributed by atoms with Gasteiger partial charge in [-0.3, -0.25) is 4.79 Å². The normalized spacial score (nSPS) is 14.3. The second-order valence-corrected chi connectivity index (χ2v) is 2.91. The number of halogens is 2. The minimum atomic E-state index is -2.72. The molecular weight excluding hydrogens is 168 g/mol. The first-order valence-corrected chi connectivity index (χ1v) is 3.69. The zero-order valence-electron chi connectivity index (χ0n) is 6.89. The lowest BCUT2D eigenvalue weighted by Gasteiger charge is -2.10. The Morgan fingerprint density at radius 2 is 2.17 bits per heavy atom. The molecule has 12 heavy (non-hydrogen) atoms. The van der Waals surface area contributed by atoms with Crippen LogP contribution in [0.1, 0.15) is 26.2 Å². The average Bonchev–Trinajstić information content (AvgIpc) is 1.84. The molecule has 0 amide bonds. The topological polar surface area (TPSA) is 63.3 Å². The molecule has 0 fully saturated rings. The van der Waals surface area contributed by atoms with E-state index in [9.17, 15) is 13.6 Å². The summed E-state index contributed by atoms with van der Waals surface area (Å²) in [7, 11) is 0. The zero-order valence-corrected chi connectivity index (χ0v) is 6.89. The smallest absolute Gasteiger partial charge is 0.320 e. The maximum absolute atomic E-state index is 12.2. The first-order valence-electron chi connectivity index (χ1n) is 3.69. The highest BCUT2D eigenvalue weighted by atomic mass is 19.3. The summed E-state index contributed by atoms with van der Waals surface area (Å²) in [5.41, 5.74) is 5.10. The van der Waals surface area contributed by atoms with Gasteiger partial charge < -0.3 is 10.8 Å². The lowest BCUT2D eigenvalue weighted by atomic mass is 10.1. The van der Waals surface area contributed by atoms with Gasteiger partial charge in [0.1, 0.15) is 6.04 Å². The van der Waals surface area contributed by atoms with Crippen LogP contribution < -0.4 is 5.73 Å². The van der Waals surface area contributed by atoms with Gasteiger partial charge in [0.25, 0.3) is 0 Å². The maximum atomic E-state index is 12.2. The van der Waals surface area contributed by atoms with Crippen LogP contribution in [0.2, 0.25) is 0 Å². The van der Waals surface area contributed by atoms with Crippen molar-refractivity contribution in [2.24, 2.45) is 5.73 Å². The minimum absolute atomic E-state index is 0.0960. The average molecular weight is 181 g/mol. The molecule has 0 aliphatic rings. The van der Waals surface area contributed by atoms with Crippen molar-refractivity contribution in [3.8, 4) is 0 Å². The highest BCUT2D eigenvalue weighted by Gasteiger charge is 2.21. The third-order valence-electron chi connectivity index (χ3n) is 1.45. The van der Waals surface area contributed by atoms with Gasteiger partial charge in [0, 0.05) is 6.42 Å². The molecule has 0 aliphatic carbocycles. The summed E-state index contributed by atoms with van der Waals surface area (Å²) in [6.45, 7) is 0.805. The Morgan fingerprint density at radius 3 is 2.50 bits per heavy atom. The monoisotopic (exact) mass is 181 g/mol. The lowest BCUT2D eigenvalue weighted by Crippen LogP contribution is -2.30. The van der Waals surface area contributed by atoms with Crippen LogP contribution >= 0.6 is 0 Å². The van der Waals surface area contributed by atoms with Crippen molar-refractivity contribution in [1.29, 1.82) is 0 Å². The van der Waals surface area contributed by atoms with Crippen molar-refractivity contribution in [3.63, 3.8) is 0 Å². The zero-order chi connectivity index (χ0) is 9.78. The summed E-state index contributed by atoms with van der Waals surface area (Å²) >= 11 is 0. The first-order chi connectivity index (χ1) is 5.33. The van der Waals surface area contributed by atoms with Gasteiger partial charge in [-0.25, -0.2) is 8.78 Å². The van der Waals surface area contributed by atoms with Gasteiger partial charge in [0.2, 0.25) is 5.92 Å². The quantitative estimate of drug-likeness (QED) is 0.670. The van der Waals surface area contributed by atoms with Gasteiger partial charge in [-0.05, 0) is 19.8 Å². The van der Waals surface area contributed by atoms with Crippen LogP contribution in [0.25, 0.3) is 0 Å². The van der Waals surface area contributed by atoms with E-state index in [2.05, 4.69) is 0 Å². The van der Waals surface area contributed by atoms with E-state index >= 15 is 0 Å². The third kappa shape index (κ3) is 6.03. The molecule has 0 unspecified atom stereocenters. The van der Waals surface area contributed by atoms with Crippen LogP contribution in [0.5, 0.6) is 0 Å². The van der Waals surface area contributed by atoms with Crippen LogP contribution in [-0.4, -0.2) is 23.0 Å². The second kappa shape index (κ2) is 4.35. The van der Waals surface area contributed by atoms with Gasteiger partial charge >= 0.3 is 5.97 Å². The summed E-state index contributed by atoms with van der Waals surface area (Å²) < 4.78 is 24.4. The largest absolute Gasteiger partial charge is 0.480 e. The Kier molecular flexibility index (Phi) is 4.09. The highest BCUT2D eigenvalue weighted by molar-refractivity contribution is 5.72. The summed E-state index contributed by atoms with van der Waals surface area (Å²) in [6.07, 6.45) is -0.0797. The number of nitrogens with two attached hydrogens (primary N) is 1. The van der Waals surface area contributed by atoms with Crippen LogP contribution in [0.4, 0.5) is 8.78 Å². The molecule has 0 saturated heterocycles. The summed E-state index contributed by atoms with van der Waals surface area (Å²) in [4.78, 5) is 10.1. The van der Waals surface area contributed by atoms with Crippen molar-refractivity contribution in [2.75, 3.05) is 0 Å². The van der Waals surface area contributed by atoms with Gasteiger partial charge in [0.15, 0.2) is 0 Å². The molecule has 0 heterocycles. The van der Waals surface area contributed by atoms with E-state index in [1.165, 1.54) is 0 Å². The molecule has 0 aromatic heterocycles. The van der Waals surface area contributed by atoms with E-state index in [1.807, 2.05) is 0 Å². The fraction of sp³-hybridized carbons (Fsp3) is 0.857. The maximum Gasteiger partial charge on any atom is 0.320 e. The van der Waals surface area contributed by atoms with E-state index in [0.717, 1.165) is 6.92 Å². The van der Waals surface area contributed by atoms with Gasteiger partial charge in [-0.15, -0.1) is 0 Å². The summed E-state index contributed by atoms with van der Waals surface area (Å²) in [5.74, 6) is -3.87. The first kappa shape index (κ1) is 11.3. The van der Waals surface area contributed by atoms with E-state index < -0.39 is 17.9 Å². The molecule has 0 radical (unpaired) electrons. The van der Waals surface area contributed by atoms with Crippen molar-refractivity contribution in [1.82, 2.24) is 0 Å². The lowest BCUT2D eigenvalue weighted by molar-refractivity contribution is -0.138. The fourth-order valence-corrected chi connectivity index (χ4v) is 0.756. The highest BCUT2D eigenvalue weighted by Crippen LogP contribution is 2.19. The van der Waals surface area contributed by atoms with Crippen LogP contribution in [-0.2, 0) is 4.79 Å². The molecule has 0 rings (SSSR count). The molecule has 3 N–H and O–H groups in total. The molecule has 0 saturated carbocycles. The second-order valence-electron chi connectivity index (χ2n) is 2.91. The molecule has 0 aromatic carbocycles. The Balaban J connectivity index is 3.51. The fourth-order valence-electron chi connectivity index (χ4n) is 0.756. The predicted molar refractivity (Wildman–Crippen MR) is 40.1 cm³/mol. The molecular formula is C7H13F2NO2. The van der Waals surface area contributed by atoms with E-state index in [4.69, 9.17) is 10.8 Å². The number of rotatable bonds is 5. The molecule has 72 valence electrons. The van der Waals surface area contributed by atoms with Gasteiger partial charge in [-0.2, -0.15) is 0 Å². The Bertz CT molecular complexity index is 156. The standard InChI is InChI=1S/C7H13F2NO2/c1-7(8,9)4-2-3-5(10)6(11)12/h5H,2-4,10H2,1H3,(H,11,12)/t5-/m1/s1. The SMILES string of the molecule is CC(F)(F)CCC[C@@H](N)C(=O)O. The number of hydrogen-bond donors (Lipinski definition) is 2. The third-order valence-corrected chi connectivity index (χ3v) is 1.45. The minimum Gasteiger partial charge on any atom is -0.480 e. The van der Waals surface area contributed by atoms with Crippen molar-refractivity contribution in [3.05, 3.63) is 0 Å². The Labute approximate surface area is 69.6 Å². The predicted octanol–water partition coefficient (Wildman–Crippen LogP) is 1.22. The number of carbonyl (C=O) groups is 1. The van der Waals surface area contributed by atoms with Crippen molar-refractivity contribution in [2.45, 2.75) is 38.2 Å². The number of hydrogen-bond acceptors (Lipinski definition) is 2. The molecule has 0 bridgehead atoms.